The summed E-state index contributed by atoms with van der Waals surface area (Å²) in [5, 5.41) is 5.03. The molecule has 1 fully saturated rings. The van der Waals surface area contributed by atoms with Crippen LogP contribution in [-0.4, -0.2) is 60.6 Å². The number of nitrogens with one attached hydrogen (secondary N) is 2. The molecule has 10 heteroatoms. The number of nitrogen functional groups attached to an aromatic ring is 1. The summed E-state index contributed by atoms with van der Waals surface area (Å²) in [5.41, 5.74) is 10.5. The topological polar surface area (TPSA) is 126 Å². The van der Waals surface area contributed by atoms with Crippen LogP contribution in [-0.2, 0) is 0 Å². The number of likely N-dealkylation sites (tertiary alicyclic amines) is 1. The highest BCUT2D eigenvalue weighted by molar-refractivity contribution is 6.13. The summed E-state index contributed by atoms with van der Waals surface area (Å²) >= 11 is 0. The summed E-state index contributed by atoms with van der Waals surface area (Å²) in [6.07, 6.45) is 0.829. The number of fused-ring (bicyclic) bond motifs is 2. The van der Waals surface area contributed by atoms with Gasteiger partial charge in [0, 0.05) is 23.0 Å². The minimum atomic E-state index is -0.976. The zero-order chi connectivity index (χ0) is 24.3. The first-order valence-corrected chi connectivity index (χ1v) is 11.3. The average molecular weight is 471 g/mol. The second kappa shape index (κ2) is 7.79. The smallest absolute Gasteiger partial charge is 0.253 e. The number of aryl methyl sites for hydroxylation is 1. The summed E-state index contributed by atoms with van der Waals surface area (Å²) in [7, 11) is 0. The Kier molecular flexibility index (Phi) is 4.70. The number of halogens is 1. The molecule has 176 valence electrons. The van der Waals surface area contributed by atoms with E-state index in [0.717, 1.165) is 16.9 Å². The molecule has 1 aliphatic heterocycles. The number of imidazole rings is 1. The van der Waals surface area contributed by atoms with Gasteiger partial charge < -0.3 is 20.6 Å². The molecule has 0 saturated carbocycles. The lowest BCUT2D eigenvalue weighted by Crippen LogP contribution is -2.28. The molecular weight excluding hydrogens is 449 g/mol. The van der Waals surface area contributed by atoms with Gasteiger partial charge in [-0.25, -0.2) is 14.1 Å². The van der Waals surface area contributed by atoms with Crippen LogP contribution in [0, 0.1) is 6.92 Å². The maximum Gasteiger partial charge on any atom is 0.253 e. The minimum absolute atomic E-state index is 0.115. The number of H-pyrrole nitrogens is 2. The van der Waals surface area contributed by atoms with Gasteiger partial charge in [0.25, 0.3) is 5.91 Å². The highest BCUT2D eigenvalue weighted by Crippen LogP contribution is 2.25. The molecule has 9 nitrogen and oxygen atoms in total. The van der Waals surface area contributed by atoms with Crippen molar-refractivity contribution >= 4 is 39.4 Å². The lowest BCUT2D eigenvalue weighted by molar-refractivity contribution is 0.0783. The summed E-state index contributed by atoms with van der Waals surface area (Å²) in [6, 6.07) is 12.4. The van der Waals surface area contributed by atoms with Gasteiger partial charge in [-0.3, -0.25) is 9.59 Å². The van der Waals surface area contributed by atoms with Crippen LogP contribution in [0.5, 0.6) is 0 Å². The number of nitrogens with two attached hydrogens (primary N) is 1. The van der Waals surface area contributed by atoms with Gasteiger partial charge in [0.15, 0.2) is 0 Å². The Bertz CT molecular complexity index is 1630. The summed E-state index contributed by atoms with van der Waals surface area (Å²) in [5.74, 6) is 0.494. The maximum absolute atomic E-state index is 13.5. The number of hydrogen-bond acceptors (Lipinski definition) is 5. The number of nitrogens with zero attached hydrogens (tertiary/aromatic N) is 4. The highest BCUT2D eigenvalue weighted by atomic mass is 19.1. The number of alkyl halides is 1. The number of carbonyl (C=O) groups is 2. The number of aromatic nitrogens is 5. The van der Waals surface area contributed by atoms with Crippen molar-refractivity contribution in [2.24, 2.45) is 0 Å². The average Bonchev–Trinajstić information content (AvgIpc) is 3.62. The fourth-order valence-corrected chi connectivity index (χ4v) is 4.61. The van der Waals surface area contributed by atoms with E-state index < -0.39 is 6.17 Å². The molecule has 0 spiro atoms. The van der Waals surface area contributed by atoms with Crippen LogP contribution in [0.3, 0.4) is 0 Å². The molecule has 1 saturated heterocycles. The van der Waals surface area contributed by atoms with E-state index in [1.165, 1.54) is 15.8 Å². The van der Waals surface area contributed by atoms with Gasteiger partial charge in [0.05, 0.1) is 40.7 Å². The van der Waals surface area contributed by atoms with Crippen LogP contribution in [0.1, 0.15) is 38.7 Å². The molecule has 4 N–H and O–H groups in total. The van der Waals surface area contributed by atoms with Crippen molar-refractivity contribution in [2.45, 2.75) is 19.5 Å². The Morgan fingerprint density at radius 3 is 2.74 bits per heavy atom. The highest BCUT2D eigenvalue weighted by Gasteiger charge is 2.27. The van der Waals surface area contributed by atoms with Gasteiger partial charge >= 0.3 is 0 Å². The van der Waals surface area contributed by atoms with Crippen molar-refractivity contribution in [3.8, 4) is 5.69 Å². The van der Waals surface area contributed by atoms with E-state index in [-0.39, 0.29) is 29.6 Å². The Hall–Kier alpha value is -4.47. The number of hydrogen-bond donors (Lipinski definition) is 3. The first kappa shape index (κ1) is 21.1. The standard InChI is InChI=1S/C25H22FN7O2/c1-13-29-20-5-3-17(10-21(20)30-13)33-24(27)18(11-28-33)23(34)22-9-15-8-14(2-4-19(15)31-22)25(35)32-7-6-16(26)12-32/h2-5,8-11,16,31H,6-7,12,27H2,1H3,(H,29,30). The van der Waals surface area contributed by atoms with Crippen LogP contribution < -0.4 is 5.73 Å². The summed E-state index contributed by atoms with van der Waals surface area (Å²) in [4.78, 5) is 38.2. The monoisotopic (exact) mass is 471 g/mol. The van der Waals surface area contributed by atoms with E-state index in [1.54, 1.807) is 24.3 Å². The third-order valence-corrected chi connectivity index (χ3v) is 6.41. The molecule has 35 heavy (non-hydrogen) atoms. The van der Waals surface area contributed by atoms with Crippen molar-refractivity contribution in [3.63, 3.8) is 0 Å². The van der Waals surface area contributed by atoms with E-state index in [0.29, 0.717) is 40.8 Å². The van der Waals surface area contributed by atoms with Crippen LogP contribution in [0.15, 0.2) is 48.7 Å². The Balaban J connectivity index is 1.30. The van der Waals surface area contributed by atoms with Crippen molar-refractivity contribution in [1.29, 1.82) is 0 Å². The third-order valence-electron chi connectivity index (χ3n) is 6.41. The van der Waals surface area contributed by atoms with E-state index in [1.807, 2.05) is 25.1 Å². The number of anilines is 1. The first-order valence-electron chi connectivity index (χ1n) is 11.3. The molecule has 6 rings (SSSR count). The van der Waals surface area contributed by atoms with E-state index in [9.17, 15) is 14.0 Å². The lowest BCUT2D eigenvalue weighted by Gasteiger charge is -2.15. The van der Waals surface area contributed by atoms with E-state index >= 15 is 0 Å². The van der Waals surface area contributed by atoms with Crippen molar-refractivity contribution < 1.29 is 14.0 Å². The molecule has 2 aromatic carbocycles. The minimum Gasteiger partial charge on any atom is -0.383 e. The Morgan fingerprint density at radius 2 is 1.94 bits per heavy atom. The van der Waals surface area contributed by atoms with Crippen molar-refractivity contribution in [1.82, 2.24) is 29.6 Å². The van der Waals surface area contributed by atoms with E-state index in [2.05, 4.69) is 20.1 Å². The van der Waals surface area contributed by atoms with Gasteiger partial charge in [-0.05, 0) is 55.8 Å². The Labute approximate surface area is 198 Å². The Morgan fingerprint density at radius 1 is 1.11 bits per heavy atom. The predicted octanol–water partition coefficient (Wildman–Crippen LogP) is 3.54. The zero-order valence-corrected chi connectivity index (χ0v) is 18.9. The largest absolute Gasteiger partial charge is 0.383 e. The fraction of sp³-hybridized carbons (Fsp3) is 0.200. The SMILES string of the molecule is Cc1nc2cc(-n3ncc(C(=O)c4cc5cc(C(=O)N6CCC(F)C6)ccc5[nH]4)c3N)ccc2[nH]1. The first-order chi connectivity index (χ1) is 16.9. The second-order valence-electron chi connectivity index (χ2n) is 8.83. The van der Waals surface area contributed by atoms with Crippen molar-refractivity contribution in [2.75, 3.05) is 18.8 Å². The van der Waals surface area contributed by atoms with Gasteiger partial charge in [-0.2, -0.15) is 5.10 Å². The number of benzene rings is 2. The molecule has 5 aromatic rings. The molecule has 1 unspecified atom stereocenters. The molecule has 3 aromatic heterocycles. The maximum atomic E-state index is 13.5. The van der Waals surface area contributed by atoms with Gasteiger partial charge in [0.1, 0.15) is 17.8 Å². The van der Waals surface area contributed by atoms with E-state index in [4.69, 9.17) is 5.73 Å². The van der Waals surface area contributed by atoms with Crippen LogP contribution in [0.2, 0.25) is 0 Å². The number of rotatable bonds is 4. The fourth-order valence-electron chi connectivity index (χ4n) is 4.61. The predicted molar refractivity (Wildman–Crippen MR) is 130 cm³/mol. The van der Waals surface area contributed by atoms with Crippen LogP contribution >= 0.6 is 0 Å². The number of amides is 1. The second-order valence-corrected chi connectivity index (χ2v) is 8.83. The normalized spacial score (nSPS) is 15.9. The molecular formula is C25H22FN7O2. The summed E-state index contributed by atoms with van der Waals surface area (Å²) < 4.78 is 15.0. The molecule has 1 atom stereocenters. The molecule has 0 aliphatic carbocycles. The number of ketones is 1. The van der Waals surface area contributed by atoms with Gasteiger partial charge in [-0.1, -0.05) is 0 Å². The summed E-state index contributed by atoms with van der Waals surface area (Å²) in [6.45, 7) is 2.40. The zero-order valence-electron chi connectivity index (χ0n) is 18.9. The van der Waals surface area contributed by atoms with Gasteiger partial charge in [0.2, 0.25) is 5.78 Å². The lowest BCUT2D eigenvalue weighted by atomic mass is 10.1. The van der Waals surface area contributed by atoms with Gasteiger partial charge in [-0.15, -0.1) is 0 Å². The molecule has 1 aliphatic rings. The molecule has 1 amide bonds. The molecule has 0 bridgehead atoms. The number of carbonyl (C=O) groups excluding carboxylic acids is 2. The number of aromatic amines is 2. The third kappa shape index (κ3) is 3.54. The van der Waals surface area contributed by atoms with Crippen molar-refractivity contribution in [3.05, 3.63) is 71.3 Å². The van der Waals surface area contributed by atoms with Crippen LogP contribution in [0.4, 0.5) is 10.2 Å². The quantitative estimate of drug-likeness (QED) is 0.346. The molecule has 0 radical (unpaired) electrons. The van der Waals surface area contributed by atoms with Crippen LogP contribution in [0.25, 0.3) is 27.6 Å². The molecule has 4 heterocycles.